The summed E-state index contributed by atoms with van der Waals surface area (Å²) in [4.78, 5) is 42.2. The third-order valence-corrected chi connectivity index (χ3v) is 7.66. The molecule has 12 heteroatoms. The molecule has 10 nitrogen and oxygen atoms in total. The molecule has 3 atom stereocenters. The molecule has 40 heavy (non-hydrogen) atoms. The third kappa shape index (κ3) is 3.85. The largest absolute Gasteiger partial charge is 0.507 e. The first-order valence-electron chi connectivity index (χ1n) is 12.9. The Morgan fingerprint density at radius 2 is 2.02 bits per heavy atom. The summed E-state index contributed by atoms with van der Waals surface area (Å²) in [6.07, 6.45) is 2.15. The fourth-order valence-corrected chi connectivity index (χ4v) is 5.91. The number of halogens is 2. The van der Waals surface area contributed by atoms with E-state index in [0.717, 1.165) is 6.07 Å². The Labute approximate surface area is 229 Å². The summed E-state index contributed by atoms with van der Waals surface area (Å²) in [5.74, 6) is -2.62. The number of likely N-dealkylation sites (N-methyl/N-ethyl adjacent to an activating group) is 1. The molecule has 1 fully saturated rings. The van der Waals surface area contributed by atoms with Gasteiger partial charge in [0.1, 0.15) is 40.6 Å². The van der Waals surface area contributed by atoms with Crippen molar-refractivity contribution in [1.29, 1.82) is 0 Å². The van der Waals surface area contributed by atoms with Crippen LogP contribution in [-0.4, -0.2) is 95.2 Å². The second kappa shape index (κ2) is 9.40. The van der Waals surface area contributed by atoms with Crippen LogP contribution in [-0.2, 0) is 9.59 Å². The molecule has 2 aromatic heterocycles. The first-order chi connectivity index (χ1) is 19.1. The lowest BCUT2D eigenvalue weighted by molar-refractivity contribution is -0.131. The standard InChI is InChI=1S/C28H28F2N6O4/c1-5-20(38)34-13-18-28(39)36-12-15(11-33(3)4)40-27-26(36)25(35(18)10-14(34)2)16-9-31-24(22(30)23(16)32-27)21-17(29)7-6-8-19(21)37/h5-9,14-15,18,37H,1,10-13H2,2-4H3/t14-,15-,18-/m1/s1. The number of carbonyl (C=O) groups is 2. The Morgan fingerprint density at radius 1 is 1.25 bits per heavy atom. The molecule has 0 aliphatic carbocycles. The average Bonchev–Trinajstić information content (AvgIpc) is 2.91. The van der Waals surface area contributed by atoms with Gasteiger partial charge in [0.25, 0.3) is 5.91 Å². The highest BCUT2D eigenvalue weighted by Crippen LogP contribution is 2.50. The summed E-state index contributed by atoms with van der Waals surface area (Å²) in [7, 11) is 3.75. The summed E-state index contributed by atoms with van der Waals surface area (Å²) in [6, 6.07) is 2.66. The monoisotopic (exact) mass is 550 g/mol. The minimum Gasteiger partial charge on any atom is -0.507 e. The zero-order chi connectivity index (χ0) is 28.5. The van der Waals surface area contributed by atoms with Gasteiger partial charge in [-0.1, -0.05) is 12.6 Å². The van der Waals surface area contributed by atoms with Crippen molar-refractivity contribution in [3.05, 3.63) is 48.7 Å². The molecule has 5 heterocycles. The van der Waals surface area contributed by atoms with Crippen molar-refractivity contribution in [1.82, 2.24) is 19.8 Å². The predicted molar refractivity (Wildman–Crippen MR) is 144 cm³/mol. The lowest BCUT2D eigenvalue weighted by Crippen LogP contribution is -2.67. The molecular formula is C28H28F2N6O4. The number of anilines is 2. The Bertz CT molecular complexity index is 1560. The molecule has 6 rings (SSSR count). The molecule has 1 saturated heterocycles. The maximum absolute atomic E-state index is 16.2. The highest BCUT2D eigenvalue weighted by atomic mass is 19.1. The Hall–Kier alpha value is -4.32. The number of fused-ring (bicyclic) bond motifs is 4. The number of nitrogens with zero attached hydrogens (tertiary/aromatic N) is 6. The maximum Gasteiger partial charge on any atom is 0.251 e. The summed E-state index contributed by atoms with van der Waals surface area (Å²) in [5.41, 5.74) is 0.0419. The van der Waals surface area contributed by atoms with Gasteiger partial charge in [0, 0.05) is 30.7 Å². The number of benzene rings is 1. The highest BCUT2D eigenvalue weighted by molar-refractivity contribution is 6.14. The Balaban J connectivity index is 1.59. The highest BCUT2D eigenvalue weighted by Gasteiger charge is 2.49. The van der Waals surface area contributed by atoms with Crippen molar-refractivity contribution < 1.29 is 28.2 Å². The number of hydrogen-bond donors (Lipinski definition) is 1. The molecule has 3 aliphatic rings. The number of pyridine rings is 2. The van der Waals surface area contributed by atoms with E-state index >= 15 is 4.39 Å². The van der Waals surface area contributed by atoms with Gasteiger partial charge in [0.05, 0.1) is 24.3 Å². The van der Waals surface area contributed by atoms with Gasteiger partial charge in [0.15, 0.2) is 5.82 Å². The molecule has 0 unspecified atom stereocenters. The molecule has 208 valence electrons. The minimum atomic E-state index is -0.927. The van der Waals surface area contributed by atoms with Gasteiger partial charge in [0.2, 0.25) is 11.8 Å². The van der Waals surface area contributed by atoms with Crippen LogP contribution in [0.2, 0.25) is 0 Å². The van der Waals surface area contributed by atoms with Crippen LogP contribution in [0, 0.1) is 11.6 Å². The van der Waals surface area contributed by atoms with Gasteiger partial charge in [-0.15, -0.1) is 0 Å². The van der Waals surface area contributed by atoms with Crippen molar-refractivity contribution in [2.45, 2.75) is 25.1 Å². The number of rotatable bonds is 4. The zero-order valence-corrected chi connectivity index (χ0v) is 22.3. The molecular weight excluding hydrogens is 522 g/mol. The molecule has 1 aromatic carbocycles. The van der Waals surface area contributed by atoms with E-state index in [0.29, 0.717) is 23.3 Å². The molecule has 0 radical (unpaired) electrons. The van der Waals surface area contributed by atoms with E-state index in [2.05, 4.69) is 16.5 Å². The van der Waals surface area contributed by atoms with Gasteiger partial charge in [-0.3, -0.25) is 14.6 Å². The SMILES string of the molecule is C=CC(=O)N1C[C@@H]2C(=O)N3C[C@@H](CN(C)C)Oc4nc5c(F)c(-c6c(O)cccc6F)ncc5c(c43)N2C[C@H]1C. The summed E-state index contributed by atoms with van der Waals surface area (Å²) < 4.78 is 37.1. The van der Waals surface area contributed by atoms with E-state index in [1.807, 2.05) is 30.8 Å². The van der Waals surface area contributed by atoms with Crippen molar-refractivity contribution in [3.63, 3.8) is 0 Å². The lowest BCUT2D eigenvalue weighted by atomic mass is 9.97. The first kappa shape index (κ1) is 25.9. The number of phenolic OH excluding ortho intramolecular Hbond substituents is 1. The number of carbonyl (C=O) groups excluding carboxylic acids is 2. The molecule has 0 spiro atoms. The average molecular weight is 551 g/mol. The Morgan fingerprint density at radius 3 is 2.73 bits per heavy atom. The second-order valence-electron chi connectivity index (χ2n) is 10.6. The number of aromatic nitrogens is 2. The van der Waals surface area contributed by atoms with Crippen LogP contribution >= 0.6 is 0 Å². The maximum atomic E-state index is 16.2. The van der Waals surface area contributed by atoms with E-state index in [-0.39, 0.29) is 54.5 Å². The van der Waals surface area contributed by atoms with Crippen LogP contribution in [0.4, 0.5) is 20.2 Å². The molecule has 3 aromatic rings. The van der Waals surface area contributed by atoms with Crippen LogP contribution in [0.15, 0.2) is 37.1 Å². The van der Waals surface area contributed by atoms with Gasteiger partial charge >= 0.3 is 0 Å². The fourth-order valence-electron chi connectivity index (χ4n) is 5.91. The van der Waals surface area contributed by atoms with Crippen LogP contribution < -0.4 is 14.5 Å². The normalized spacial score (nSPS) is 21.8. The summed E-state index contributed by atoms with van der Waals surface area (Å²) >= 11 is 0. The molecule has 0 saturated carbocycles. The van der Waals surface area contributed by atoms with Gasteiger partial charge < -0.3 is 29.4 Å². The van der Waals surface area contributed by atoms with Gasteiger partial charge in [-0.05, 0) is 39.2 Å². The van der Waals surface area contributed by atoms with Crippen molar-refractivity contribution in [3.8, 4) is 22.9 Å². The number of ether oxygens (including phenoxy) is 1. The van der Waals surface area contributed by atoms with Gasteiger partial charge in [-0.25, -0.2) is 13.8 Å². The quantitative estimate of drug-likeness (QED) is 0.495. The number of aromatic hydroxyl groups is 1. The molecule has 0 bridgehead atoms. The topological polar surface area (TPSA) is 102 Å². The Kier molecular flexibility index (Phi) is 6.10. The number of piperazine rings is 1. The second-order valence-corrected chi connectivity index (χ2v) is 10.6. The van der Waals surface area contributed by atoms with Gasteiger partial charge in [-0.2, -0.15) is 0 Å². The lowest BCUT2D eigenvalue weighted by Gasteiger charge is -2.52. The zero-order valence-electron chi connectivity index (χ0n) is 22.3. The number of amides is 2. The summed E-state index contributed by atoms with van der Waals surface area (Å²) in [5, 5.41) is 10.6. The van der Waals surface area contributed by atoms with Crippen LogP contribution in [0.5, 0.6) is 11.6 Å². The van der Waals surface area contributed by atoms with Crippen LogP contribution in [0.1, 0.15) is 6.92 Å². The van der Waals surface area contributed by atoms with Crippen molar-refractivity contribution >= 4 is 34.1 Å². The van der Waals surface area contributed by atoms with E-state index in [4.69, 9.17) is 4.74 Å². The van der Waals surface area contributed by atoms with E-state index < -0.39 is 35.2 Å². The fraction of sp³-hybridized carbons (Fsp3) is 0.357. The smallest absolute Gasteiger partial charge is 0.251 e. The predicted octanol–water partition coefficient (Wildman–Crippen LogP) is 2.54. The molecule has 2 amide bonds. The van der Waals surface area contributed by atoms with Crippen LogP contribution in [0.3, 0.4) is 0 Å². The van der Waals surface area contributed by atoms with Crippen molar-refractivity contribution in [2.75, 3.05) is 50.1 Å². The van der Waals surface area contributed by atoms with E-state index in [9.17, 15) is 19.1 Å². The van der Waals surface area contributed by atoms with E-state index in [1.165, 1.54) is 24.4 Å². The minimum absolute atomic E-state index is 0.0819. The summed E-state index contributed by atoms with van der Waals surface area (Å²) in [6.45, 7) is 6.58. The molecule has 3 aliphatic heterocycles. The number of phenols is 1. The number of hydrogen-bond acceptors (Lipinski definition) is 8. The first-order valence-corrected chi connectivity index (χ1v) is 12.9. The van der Waals surface area contributed by atoms with E-state index in [1.54, 1.807) is 9.80 Å². The van der Waals surface area contributed by atoms with Crippen molar-refractivity contribution in [2.24, 2.45) is 0 Å². The third-order valence-electron chi connectivity index (χ3n) is 7.66. The molecule has 1 N–H and O–H groups in total. The van der Waals surface area contributed by atoms with Crippen LogP contribution in [0.25, 0.3) is 22.2 Å².